The molecule has 13 heavy (non-hydrogen) atoms. The molecule has 2 rings (SSSR count). The highest BCUT2D eigenvalue weighted by Crippen LogP contribution is 2.37. The zero-order chi connectivity index (χ0) is 9.10. The van der Waals surface area contributed by atoms with E-state index in [1.54, 1.807) is 0 Å². The fourth-order valence-corrected chi connectivity index (χ4v) is 2.26. The van der Waals surface area contributed by atoms with Gasteiger partial charge in [-0.05, 0) is 38.1 Å². The van der Waals surface area contributed by atoms with Gasteiger partial charge in [-0.1, -0.05) is 18.8 Å². The van der Waals surface area contributed by atoms with Crippen LogP contribution in [0.2, 0.25) is 0 Å². The molecule has 2 fully saturated rings. The van der Waals surface area contributed by atoms with Gasteiger partial charge in [-0.15, -0.1) is 5.92 Å². The molecule has 0 aromatic heterocycles. The summed E-state index contributed by atoms with van der Waals surface area (Å²) in [6, 6.07) is 0. The molecule has 0 aromatic rings. The van der Waals surface area contributed by atoms with Crippen LogP contribution in [0, 0.1) is 23.7 Å². The number of likely N-dealkylation sites (tertiary alicyclic amines) is 1. The predicted octanol–water partition coefficient (Wildman–Crippen LogP) is 2.13. The van der Waals surface area contributed by atoms with Crippen LogP contribution in [-0.2, 0) is 0 Å². The van der Waals surface area contributed by atoms with Crippen LogP contribution in [0.25, 0.3) is 0 Å². The second-order valence-corrected chi connectivity index (χ2v) is 4.50. The lowest BCUT2D eigenvalue weighted by atomic mass is 10.0. The van der Waals surface area contributed by atoms with E-state index in [9.17, 15) is 0 Å². The predicted molar refractivity (Wildman–Crippen MR) is 55.3 cm³/mol. The molecule has 1 aliphatic heterocycles. The van der Waals surface area contributed by atoms with Crippen molar-refractivity contribution in [1.29, 1.82) is 0 Å². The first-order valence-electron chi connectivity index (χ1n) is 5.50. The van der Waals surface area contributed by atoms with E-state index >= 15 is 0 Å². The van der Waals surface area contributed by atoms with Crippen LogP contribution in [-0.4, -0.2) is 24.5 Å². The quantitative estimate of drug-likeness (QED) is 0.597. The van der Waals surface area contributed by atoms with Crippen LogP contribution in [0.4, 0.5) is 0 Å². The van der Waals surface area contributed by atoms with Crippen LogP contribution in [0.1, 0.15) is 32.6 Å². The van der Waals surface area contributed by atoms with Gasteiger partial charge in [-0.3, -0.25) is 4.90 Å². The third kappa shape index (κ3) is 2.74. The maximum absolute atomic E-state index is 3.16. The summed E-state index contributed by atoms with van der Waals surface area (Å²) in [6.07, 6.45) is 5.93. The van der Waals surface area contributed by atoms with Crippen LogP contribution in [0.15, 0.2) is 0 Å². The van der Waals surface area contributed by atoms with E-state index in [1.807, 2.05) is 6.92 Å². The molecule has 1 heteroatoms. The highest BCUT2D eigenvalue weighted by molar-refractivity contribution is 4.99. The summed E-state index contributed by atoms with van der Waals surface area (Å²) in [5, 5.41) is 0. The zero-order valence-corrected chi connectivity index (χ0v) is 8.55. The van der Waals surface area contributed by atoms with E-state index < -0.39 is 0 Å². The largest absolute Gasteiger partial charge is 0.292 e. The minimum absolute atomic E-state index is 0.992. The van der Waals surface area contributed by atoms with Crippen molar-refractivity contribution in [3.63, 3.8) is 0 Å². The van der Waals surface area contributed by atoms with Gasteiger partial charge >= 0.3 is 0 Å². The maximum Gasteiger partial charge on any atom is 0.0601 e. The Morgan fingerprint density at radius 3 is 2.77 bits per heavy atom. The molecule has 1 unspecified atom stereocenters. The van der Waals surface area contributed by atoms with Crippen molar-refractivity contribution in [3.8, 4) is 11.8 Å². The smallest absolute Gasteiger partial charge is 0.0601 e. The molecule has 1 atom stereocenters. The van der Waals surface area contributed by atoms with E-state index in [1.165, 1.54) is 38.8 Å². The maximum atomic E-state index is 3.16. The van der Waals surface area contributed by atoms with Gasteiger partial charge in [0.2, 0.25) is 0 Å². The van der Waals surface area contributed by atoms with Crippen molar-refractivity contribution in [2.45, 2.75) is 32.6 Å². The third-order valence-electron chi connectivity index (χ3n) is 3.21. The average Bonchev–Trinajstić information content (AvgIpc) is 2.81. The van der Waals surface area contributed by atoms with Gasteiger partial charge in [0.1, 0.15) is 0 Å². The molecule has 0 radical (unpaired) electrons. The molecule has 0 bridgehead atoms. The summed E-state index contributed by atoms with van der Waals surface area (Å²) >= 11 is 0. The summed E-state index contributed by atoms with van der Waals surface area (Å²) in [7, 11) is 0. The summed E-state index contributed by atoms with van der Waals surface area (Å²) in [5.74, 6) is 8.22. The Morgan fingerprint density at radius 1 is 1.23 bits per heavy atom. The Labute approximate surface area is 81.5 Å². The SMILES string of the molecule is CC#CCN1CCC(CC2CC2)C1. The number of hydrogen-bond acceptors (Lipinski definition) is 1. The van der Waals surface area contributed by atoms with E-state index in [2.05, 4.69) is 16.7 Å². The molecule has 0 amide bonds. The first-order chi connectivity index (χ1) is 6.38. The second-order valence-electron chi connectivity index (χ2n) is 4.50. The Hall–Kier alpha value is -0.480. The van der Waals surface area contributed by atoms with Gasteiger partial charge < -0.3 is 0 Å². The molecular formula is C12H19N. The standard InChI is InChI=1S/C12H19N/c1-2-3-7-13-8-6-12(10-13)9-11-4-5-11/h11-12H,4-10H2,1H3. The summed E-state index contributed by atoms with van der Waals surface area (Å²) in [4.78, 5) is 2.50. The lowest BCUT2D eigenvalue weighted by Gasteiger charge is -2.11. The molecule has 1 aliphatic carbocycles. The Balaban J connectivity index is 1.68. The first-order valence-corrected chi connectivity index (χ1v) is 5.50. The Kier molecular flexibility index (Phi) is 2.90. The van der Waals surface area contributed by atoms with Crippen molar-refractivity contribution < 1.29 is 0 Å². The molecule has 0 N–H and O–H groups in total. The van der Waals surface area contributed by atoms with Crippen molar-refractivity contribution in [2.75, 3.05) is 19.6 Å². The van der Waals surface area contributed by atoms with Gasteiger partial charge in [0, 0.05) is 6.54 Å². The molecule has 0 spiro atoms. The Bertz CT molecular complexity index is 219. The summed E-state index contributed by atoms with van der Waals surface area (Å²) in [6.45, 7) is 5.52. The molecule has 1 nitrogen and oxygen atoms in total. The molecule has 0 aromatic carbocycles. The Morgan fingerprint density at radius 2 is 2.08 bits per heavy atom. The van der Waals surface area contributed by atoms with Crippen molar-refractivity contribution >= 4 is 0 Å². The monoisotopic (exact) mass is 177 g/mol. The van der Waals surface area contributed by atoms with E-state index in [0.717, 1.165) is 18.4 Å². The van der Waals surface area contributed by atoms with E-state index in [4.69, 9.17) is 0 Å². The summed E-state index contributed by atoms with van der Waals surface area (Å²) < 4.78 is 0. The average molecular weight is 177 g/mol. The summed E-state index contributed by atoms with van der Waals surface area (Å²) in [5.41, 5.74) is 0. The molecule has 1 heterocycles. The van der Waals surface area contributed by atoms with Gasteiger partial charge in [-0.25, -0.2) is 0 Å². The normalized spacial score (nSPS) is 28.5. The highest BCUT2D eigenvalue weighted by Gasteiger charge is 2.29. The van der Waals surface area contributed by atoms with E-state index in [-0.39, 0.29) is 0 Å². The topological polar surface area (TPSA) is 3.24 Å². The fraction of sp³-hybridized carbons (Fsp3) is 0.833. The minimum atomic E-state index is 0.992. The molecule has 2 aliphatic rings. The van der Waals surface area contributed by atoms with Gasteiger partial charge in [0.25, 0.3) is 0 Å². The minimum Gasteiger partial charge on any atom is -0.292 e. The van der Waals surface area contributed by atoms with E-state index in [0.29, 0.717) is 0 Å². The number of rotatable bonds is 3. The van der Waals surface area contributed by atoms with Crippen molar-refractivity contribution in [2.24, 2.45) is 11.8 Å². The van der Waals surface area contributed by atoms with Gasteiger partial charge in [0.05, 0.1) is 6.54 Å². The molecule has 1 saturated carbocycles. The van der Waals surface area contributed by atoms with Crippen LogP contribution in [0.5, 0.6) is 0 Å². The first kappa shape index (κ1) is 9.09. The van der Waals surface area contributed by atoms with Crippen molar-refractivity contribution in [3.05, 3.63) is 0 Å². The van der Waals surface area contributed by atoms with Crippen LogP contribution >= 0.6 is 0 Å². The van der Waals surface area contributed by atoms with Crippen molar-refractivity contribution in [1.82, 2.24) is 4.90 Å². The van der Waals surface area contributed by atoms with Crippen LogP contribution < -0.4 is 0 Å². The zero-order valence-electron chi connectivity index (χ0n) is 8.55. The van der Waals surface area contributed by atoms with Gasteiger partial charge in [0.15, 0.2) is 0 Å². The molecular weight excluding hydrogens is 158 g/mol. The third-order valence-corrected chi connectivity index (χ3v) is 3.21. The lowest BCUT2D eigenvalue weighted by molar-refractivity contribution is 0.354. The molecule has 72 valence electrons. The van der Waals surface area contributed by atoms with Gasteiger partial charge in [-0.2, -0.15) is 0 Å². The number of nitrogens with zero attached hydrogens (tertiary/aromatic N) is 1. The van der Waals surface area contributed by atoms with Crippen LogP contribution in [0.3, 0.4) is 0 Å². The fourth-order valence-electron chi connectivity index (χ4n) is 2.26. The highest BCUT2D eigenvalue weighted by atomic mass is 15.1. The second kappa shape index (κ2) is 4.15. The lowest BCUT2D eigenvalue weighted by Crippen LogP contribution is -2.20. The molecule has 1 saturated heterocycles. The number of hydrogen-bond donors (Lipinski definition) is 0.